The minimum absolute atomic E-state index is 0.773. The number of allylic oxidation sites excluding steroid dienone is 1. The Morgan fingerprint density at radius 1 is 1.27 bits per heavy atom. The maximum absolute atomic E-state index is 3.34. The molecular weight excluding hydrogens is 200 g/mol. The largest absolute Gasteiger partial charge is 0.0745 e. The molecule has 0 N–H and O–H groups in total. The van der Waals surface area contributed by atoms with E-state index in [0.29, 0.717) is 0 Å². The van der Waals surface area contributed by atoms with Gasteiger partial charge in [0.05, 0.1) is 0 Å². The highest BCUT2D eigenvalue weighted by molar-refractivity contribution is 9.11. The topological polar surface area (TPSA) is 0 Å². The van der Waals surface area contributed by atoms with Crippen LogP contribution in [-0.4, -0.2) is 0 Å². The zero-order chi connectivity index (χ0) is 8.10. The quantitative estimate of drug-likeness (QED) is 0.652. The third-order valence-electron chi connectivity index (χ3n) is 2.77. The van der Waals surface area contributed by atoms with E-state index in [1.54, 1.807) is 0 Å². The number of hydrogen-bond acceptors (Lipinski definition) is 0. The summed E-state index contributed by atoms with van der Waals surface area (Å²) in [6, 6.07) is 0. The van der Waals surface area contributed by atoms with E-state index in [1.807, 2.05) is 4.99 Å². The Morgan fingerprint density at radius 2 is 1.91 bits per heavy atom. The van der Waals surface area contributed by atoms with Gasteiger partial charge in [0, 0.05) is 0 Å². The summed E-state index contributed by atoms with van der Waals surface area (Å²) in [4.78, 5) is 2.01. The molecule has 1 rings (SSSR count). The highest BCUT2D eigenvalue weighted by Crippen LogP contribution is 2.30. The molecule has 0 aromatic heterocycles. The van der Waals surface area contributed by atoms with E-state index >= 15 is 0 Å². The van der Waals surface area contributed by atoms with Gasteiger partial charge in [-0.25, -0.2) is 0 Å². The van der Waals surface area contributed by atoms with Crippen LogP contribution in [0, 0.1) is 11.8 Å². The van der Waals surface area contributed by atoms with Crippen molar-refractivity contribution in [2.75, 3.05) is 0 Å². The highest BCUT2D eigenvalue weighted by Gasteiger charge is 2.17. The second kappa shape index (κ2) is 4.97. The standard InChI is InChI=1S/C10H17Br/c1-9(7-8-11)10-5-3-2-4-6-10/h7-10H,2-6H2,1H3/b8-7+. The molecule has 0 saturated heterocycles. The molecule has 1 saturated carbocycles. The Morgan fingerprint density at radius 3 is 2.45 bits per heavy atom. The predicted octanol–water partition coefficient (Wildman–Crippen LogP) is 4.11. The van der Waals surface area contributed by atoms with Gasteiger partial charge in [-0.2, -0.15) is 0 Å². The fourth-order valence-electron chi connectivity index (χ4n) is 1.93. The van der Waals surface area contributed by atoms with E-state index in [4.69, 9.17) is 0 Å². The molecule has 0 aliphatic heterocycles. The third kappa shape index (κ3) is 2.98. The normalized spacial score (nSPS) is 24.2. The van der Waals surface area contributed by atoms with E-state index in [0.717, 1.165) is 11.8 Å². The molecule has 0 spiro atoms. The van der Waals surface area contributed by atoms with Gasteiger partial charge < -0.3 is 0 Å². The lowest BCUT2D eigenvalue weighted by molar-refractivity contribution is 0.300. The molecule has 64 valence electrons. The van der Waals surface area contributed by atoms with Gasteiger partial charge in [-0.15, -0.1) is 0 Å². The van der Waals surface area contributed by atoms with Crippen LogP contribution in [0.15, 0.2) is 11.1 Å². The van der Waals surface area contributed by atoms with Crippen LogP contribution in [0.1, 0.15) is 39.0 Å². The summed E-state index contributed by atoms with van der Waals surface area (Å²) in [5.74, 6) is 1.73. The molecule has 1 aliphatic rings. The predicted molar refractivity (Wildman–Crippen MR) is 53.8 cm³/mol. The molecule has 1 aliphatic carbocycles. The lowest BCUT2D eigenvalue weighted by Gasteiger charge is -2.25. The smallest absolute Gasteiger partial charge is 0.0225 e. The first-order valence-electron chi connectivity index (χ1n) is 4.61. The van der Waals surface area contributed by atoms with Crippen molar-refractivity contribution in [3.63, 3.8) is 0 Å². The van der Waals surface area contributed by atoms with Crippen LogP contribution in [0.4, 0.5) is 0 Å². The molecule has 0 aromatic carbocycles. The van der Waals surface area contributed by atoms with Crippen molar-refractivity contribution in [2.45, 2.75) is 39.0 Å². The van der Waals surface area contributed by atoms with Crippen molar-refractivity contribution >= 4 is 15.9 Å². The van der Waals surface area contributed by atoms with Crippen LogP contribution in [0.3, 0.4) is 0 Å². The first-order valence-corrected chi connectivity index (χ1v) is 5.53. The molecule has 1 fully saturated rings. The Hall–Kier alpha value is 0.220. The Balaban J connectivity index is 2.32. The van der Waals surface area contributed by atoms with Crippen molar-refractivity contribution < 1.29 is 0 Å². The van der Waals surface area contributed by atoms with Gasteiger partial charge in [0.1, 0.15) is 0 Å². The minimum atomic E-state index is 0.773. The average Bonchev–Trinajstić information content (AvgIpc) is 2.07. The summed E-state index contributed by atoms with van der Waals surface area (Å²) in [5.41, 5.74) is 0. The zero-order valence-corrected chi connectivity index (χ0v) is 8.81. The fraction of sp³-hybridized carbons (Fsp3) is 0.800. The summed E-state index contributed by atoms with van der Waals surface area (Å²) >= 11 is 3.34. The van der Waals surface area contributed by atoms with Crippen LogP contribution in [-0.2, 0) is 0 Å². The van der Waals surface area contributed by atoms with Crippen LogP contribution in [0.5, 0.6) is 0 Å². The van der Waals surface area contributed by atoms with E-state index in [9.17, 15) is 0 Å². The van der Waals surface area contributed by atoms with Crippen LogP contribution in [0.25, 0.3) is 0 Å². The molecule has 0 aromatic rings. The summed E-state index contributed by atoms with van der Waals surface area (Å²) in [6.07, 6.45) is 9.52. The van der Waals surface area contributed by atoms with Gasteiger partial charge >= 0.3 is 0 Å². The van der Waals surface area contributed by atoms with E-state index in [-0.39, 0.29) is 0 Å². The van der Waals surface area contributed by atoms with Gasteiger partial charge in [0.25, 0.3) is 0 Å². The van der Waals surface area contributed by atoms with Gasteiger partial charge in [-0.05, 0) is 29.7 Å². The molecular formula is C10H17Br. The minimum Gasteiger partial charge on any atom is -0.0745 e. The lowest BCUT2D eigenvalue weighted by atomic mass is 9.81. The number of hydrogen-bond donors (Lipinski definition) is 0. The van der Waals surface area contributed by atoms with Crippen molar-refractivity contribution in [3.8, 4) is 0 Å². The second-order valence-corrected chi connectivity index (χ2v) is 4.10. The summed E-state index contributed by atoms with van der Waals surface area (Å²) in [5, 5.41) is 0. The molecule has 0 bridgehead atoms. The van der Waals surface area contributed by atoms with Crippen molar-refractivity contribution in [3.05, 3.63) is 11.1 Å². The molecule has 0 amide bonds. The first kappa shape index (κ1) is 9.31. The van der Waals surface area contributed by atoms with Crippen LogP contribution >= 0.6 is 15.9 Å². The maximum atomic E-state index is 3.34. The molecule has 0 nitrogen and oxygen atoms in total. The third-order valence-corrected chi connectivity index (χ3v) is 3.07. The van der Waals surface area contributed by atoms with Gasteiger partial charge in [-0.3, -0.25) is 0 Å². The second-order valence-electron chi connectivity index (χ2n) is 3.58. The molecule has 1 atom stereocenters. The van der Waals surface area contributed by atoms with Gasteiger partial charge in [0.15, 0.2) is 0 Å². The summed E-state index contributed by atoms with van der Waals surface area (Å²) in [7, 11) is 0. The Bertz CT molecular complexity index is 123. The lowest BCUT2D eigenvalue weighted by Crippen LogP contribution is -2.13. The fourth-order valence-corrected chi connectivity index (χ4v) is 2.41. The molecule has 0 heterocycles. The molecule has 11 heavy (non-hydrogen) atoms. The number of rotatable bonds is 2. The number of halogens is 1. The van der Waals surface area contributed by atoms with Crippen LogP contribution < -0.4 is 0 Å². The van der Waals surface area contributed by atoms with E-state index in [1.165, 1.54) is 32.1 Å². The molecule has 1 unspecified atom stereocenters. The average molecular weight is 217 g/mol. The van der Waals surface area contributed by atoms with Gasteiger partial charge in [0.2, 0.25) is 0 Å². The van der Waals surface area contributed by atoms with Gasteiger partial charge in [-0.1, -0.05) is 48.2 Å². The van der Waals surface area contributed by atoms with Crippen molar-refractivity contribution in [1.29, 1.82) is 0 Å². The van der Waals surface area contributed by atoms with Crippen molar-refractivity contribution in [1.82, 2.24) is 0 Å². The Kier molecular flexibility index (Phi) is 4.21. The van der Waals surface area contributed by atoms with Crippen LogP contribution in [0.2, 0.25) is 0 Å². The first-order chi connectivity index (χ1) is 5.34. The molecule has 1 heteroatoms. The van der Waals surface area contributed by atoms with E-state index in [2.05, 4.69) is 28.9 Å². The highest BCUT2D eigenvalue weighted by atomic mass is 79.9. The Labute approximate surface area is 78.2 Å². The van der Waals surface area contributed by atoms with E-state index < -0.39 is 0 Å². The summed E-state index contributed by atoms with van der Waals surface area (Å²) in [6.45, 7) is 2.33. The molecule has 0 radical (unpaired) electrons. The summed E-state index contributed by atoms with van der Waals surface area (Å²) < 4.78 is 0. The zero-order valence-electron chi connectivity index (χ0n) is 7.22. The maximum Gasteiger partial charge on any atom is -0.0225 e. The van der Waals surface area contributed by atoms with Crippen molar-refractivity contribution in [2.24, 2.45) is 11.8 Å². The SMILES string of the molecule is CC(/C=C/Br)C1CCCCC1. The monoisotopic (exact) mass is 216 g/mol.